The maximum atomic E-state index is 11.8. The summed E-state index contributed by atoms with van der Waals surface area (Å²) in [5.74, 6) is 0.187. The van der Waals surface area contributed by atoms with Crippen molar-refractivity contribution in [2.24, 2.45) is 0 Å². The molecule has 0 amide bonds. The van der Waals surface area contributed by atoms with E-state index in [-0.39, 0.29) is 11.5 Å². The Hall–Kier alpha value is -2.43. The molecule has 0 atom stereocenters. The van der Waals surface area contributed by atoms with Crippen molar-refractivity contribution in [3.8, 4) is 11.5 Å². The molecule has 2 aromatic carbocycles. The molecular formula is C14H11O6P. The Kier molecular flexibility index (Phi) is 4.52. The Morgan fingerprint density at radius 2 is 1.10 bits per heavy atom. The molecule has 0 aromatic heterocycles. The number of hydrogen-bond donors (Lipinski definition) is 1. The number of carbonyl (C=O) groups excluding carboxylic acids is 2. The predicted molar refractivity (Wildman–Crippen MR) is 74.7 cm³/mol. The van der Waals surface area contributed by atoms with Crippen molar-refractivity contribution in [2.45, 2.75) is 0 Å². The van der Waals surface area contributed by atoms with Gasteiger partial charge in [-0.1, -0.05) is 0 Å². The van der Waals surface area contributed by atoms with E-state index in [1.54, 1.807) is 0 Å². The zero-order chi connectivity index (χ0) is 15.3. The van der Waals surface area contributed by atoms with Crippen LogP contribution < -0.4 is 9.05 Å². The summed E-state index contributed by atoms with van der Waals surface area (Å²) in [6, 6.07) is 11.3. The third kappa shape index (κ3) is 4.27. The van der Waals surface area contributed by atoms with Crippen molar-refractivity contribution < 1.29 is 28.1 Å². The Bertz CT molecular complexity index is 620. The molecule has 0 bridgehead atoms. The SMILES string of the molecule is O=Cc1ccc(OP(=O)(O)Oc2ccc(C=O)cc2)cc1. The number of benzene rings is 2. The van der Waals surface area contributed by atoms with Gasteiger partial charge in [0.15, 0.2) is 0 Å². The fourth-order valence-corrected chi connectivity index (χ4v) is 2.31. The average molecular weight is 306 g/mol. The molecule has 0 saturated carbocycles. The first-order chi connectivity index (χ1) is 10.0. The molecule has 6 nitrogen and oxygen atoms in total. The number of phosphoric ester groups is 1. The lowest BCUT2D eigenvalue weighted by molar-refractivity contribution is 0.111. The summed E-state index contributed by atoms with van der Waals surface area (Å²) in [6.45, 7) is 0. The van der Waals surface area contributed by atoms with Crippen molar-refractivity contribution in [3.05, 3.63) is 59.7 Å². The molecule has 108 valence electrons. The zero-order valence-corrected chi connectivity index (χ0v) is 11.6. The van der Waals surface area contributed by atoms with Crippen molar-refractivity contribution >= 4 is 20.4 Å². The van der Waals surface area contributed by atoms with Crippen LogP contribution in [0, 0.1) is 0 Å². The van der Waals surface area contributed by atoms with Crippen LogP contribution in [-0.4, -0.2) is 17.5 Å². The number of carbonyl (C=O) groups is 2. The van der Waals surface area contributed by atoms with E-state index < -0.39 is 7.82 Å². The van der Waals surface area contributed by atoms with Gasteiger partial charge in [0.05, 0.1) is 0 Å². The van der Waals surface area contributed by atoms with E-state index in [1.165, 1.54) is 48.5 Å². The fraction of sp³-hybridized carbons (Fsp3) is 0. The molecule has 1 N–H and O–H groups in total. The highest BCUT2D eigenvalue weighted by Gasteiger charge is 2.24. The summed E-state index contributed by atoms with van der Waals surface area (Å²) in [5, 5.41) is 0. The first kappa shape index (κ1) is 15.0. The van der Waals surface area contributed by atoms with Gasteiger partial charge >= 0.3 is 7.82 Å². The minimum absolute atomic E-state index is 0.0935. The van der Waals surface area contributed by atoms with E-state index in [2.05, 4.69) is 0 Å². The van der Waals surface area contributed by atoms with Crippen LogP contribution in [0.3, 0.4) is 0 Å². The molecule has 0 aliphatic rings. The number of aldehydes is 2. The van der Waals surface area contributed by atoms with Crippen molar-refractivity contribution in [1.82, 2.24) is 0 Å². The smallest absolute Gasteiger partial charge is 0.395 e. The minimum Gasteiger partial charge on any atom is -0.395 e. The molecule has 0 fully saturated rings. The highest BCUT2D eigenvalue weighted by atomic mass is 31.2. The van der Waals surface area contributed by atoms with Crippen molar-refractivity contribution in [3.63, 3.8) is 0 Å². The maximum Gasteiger partial charge on any atom is 0.584 e. The van der Waals surface area contributed by atoms with Crippen LogP contribution in [0.25, 0.3) is 0 Å². The lowest BCUT2D eigenvalue weighted by Crippen LogP contribution is -2.00. The monoisotopic (exact) mass is 306 g/mol. The topological polar surface area (TPSA) is 89.9 Å². The molecule has 2 aromatic rings. The quantitative estimate of drug-likeness (QED) is 0.652. The van der Waals surface area contributed by atoms with E-state index in [9.17, 15) is 19.0 Å². The van der Waals surface area contributed by atoms with Crippen LogP contribution in [0.4, 0.5) is 0 Å². The summed E-state index contributed by atoms with van der Waals surface area (Å²) in [4.78, 5) is 30.7. The zero-order valence-electron chi connectivity index (χ0n) is 10.7. The highest BCUT2D eigenvalue weighted by Crippen LogP contribution is 2.44. The summed E-state index contributed by atoms with van der Waals surface area (Å²) in [7, 11) is -4.36. The molecule has 0 unspecified atom stereocenters. The normalized spacial score (nSPS) is 10.7. The molecule has 0 radical (unpaired) electrons. The summed E-state index contributed by atoms with van der Waals surface area (Å²) >= 11 is 0. The van der Waals surface area contributed by atoms with Gasteiger partial charge in [-0.2, -0.15) is 0 Å². The van der Waals surface area contributed by atoms with Crippen LogP contribution in [0.5, 0.6) is 11.5 Å². The number of phosphoric acid groups is 1. The molecule has 7 heteroatoms. The van der Waals surface area contributed by atoms with Gasteiger partial charge in [-0.3, -0.25) is 14.5 Å². The summed E-state index contributed by atoms with van der Waals surface area (Å²) in [5.41, 5.74) is 0.834. The van der Waals surface area contributed by atoms with Crippen molar-refractivity contribution in [2.75, 3.05) is 0 Å². The van der Waals surface area contributed by atoms with Gasteiger partial charge in [-0.25, -0.2) is 4.57 Å². The van der Waals surface area contributed by atoms with Gasteiger partial charge in [0.1, 0.15) is 24.1 Å². The van der Waals surface area contributed by atoms with Gasteiger partial charge in [0, 0.05) is 11.1 Å². The maximum absolute atomic E-state index is 11.8. The van der Waals surface area contributed by atoms with Crippen LogP contribution in [-0.2, 0) is 4.57 Å². The summed E-state index contributed by atoms with van der Waals surface area (Å²) < 4.78 is 21.6. The second-order valence-electron chi connectivity index (χ2n) is 4.02. The average Bonchev–Trinajstić information content (AvgIpc) is 2.48. The molecule has 21 heavy (non-hydrogen) atoms. The molecule has 2 rings (SSSR count). The van der Waals surface area contributed by atoms with Crippen LogP contribution in [0.15, 0.2) is 48.5 Å². The largest absolute Gasteiger partial charge is 0.584 e. The van der Waals surface area contributed by atoms with E-state index in [1.807, 2.05) is 0 Å². The van der Waals surface area contributed by atoms with Crippen LogP contribution in [0.2, 0.25) is 0 Å². The molecule has 0 saturated heterocycles. The van der Waals surface area contributed by atoms with Gasteiger partial charge in [-0.05, 0) is 48.5 Å². The Morgan fingerprint density at radius 1 is 0.762 bits per heavy atom. The van der Waals surface area contributed by atoms with E-state index in [0.717, 1.165) is 0 Å². The first-order valence-electron chi connectivity index (χ1n) is 5.85. The Labute approximate surface area is 120 Å². The van der Waals surface area contributed by atoms with Gasteiger partial charge in [0.2, 0.25) is 0 Å². The van der Waals surface area contributed by atoms with E-state index in [0.29, 0.717) is 23.7 Å². The third-order valence-corrected chi connectivity index (χ3v) is 3.36. The Balaban J connectivity index is 2.07. The molecule has 0 aliphatic carbocycles. The lowest BCUT2D eigenvalue weighted by Gasteiger charge is -2.13. The standard InChI is InChI=1S/C14H11O6P/c15-9-11-1-5-13(6-2-11)19-21(17,18)20-14-7-3-12(10-16)4-8-14/h1-10H,(H,17,18). The molecule has 0 spiro atoms. The van der Waals surface area contributed by atoms with Crippen molar-refractivity contribution in [1.29, 1.82) is 0 Å². The summed E-state index contributed by atoms with van der Waals surface area (Å²) in [6.07, 6.45) is 1.29. The van der Waals surface area contributed by atoms with E-state index in [4.69, 9.17) is 9.05 Å². The lowest BCUT2D eigenvalue weighted by atomic mass is 10.2. The fourth-order valence-electron chi connectivity index (χ4n) is 1.50. The highest BCUT2D eigenvalue weighted by molar-refractivity contribution is 7.48. The van der Waals surface area contributed by atoms with Gasteiger partial charge in [0.25, 0.3) is 0 Å². The van der Waals surface area contributed by atoms with E-state index >= 15 is 0 Å². The molecule has 0 heterocycles. The minimum atomic E-state index is -4.36. The van der Waals surface area contributed by atoms with Gasteiger partial charge in [-0.15, -0.1) is 0 Å². The first-order valence-corrected chi connectivity index (χ1v) is 7.34. The predicted octanol–water partition coefficient (Wildman–Crippen LogP) is 2.87. The number of hydrogen-bond acceptors (Lipinski definition) is 5. The van der Waals surface area contributed by atoms with Crippen LogP contribution in [0.1, 0.15) is 20.7 Å². The van der Waals surface area contributed by atoms with Crippen LogP contribution >= 0.6 is 7.82 Å². The van der Waals surface area contributed by atoms with Gasteiger partial charge < -0.3 is 9.05 Å². The number of rotatable bonds is 6. The second-order valence-corrected chi connectivity index (χ2v) is 5.33. The molecular weight excluding hydrogens is 295 g/mol. The molecule has 0 aliphatic heterocycles. The Morgan fingerprint density at radius 3 is 1.38 bits per heavy atom. The third-order valence-electron chi connectivity index (χ3n) is 2.47. The second kappa shape index (κ2) is 6.35.